The van der Waals surface area contributed by atoms with Gasteiger partial charge in [0.1, 0.15) is 0 Å². The van der Waals surface area contributed by atoms with E-state index in [1.807, 2.05) is 42.5 Å². The summed E-state index contributed by atoms with van der Waals surface area (Å²) in [4.78, 5) is 0. The van der Waals surface area contributed by atoms with Crippen molar-refractivity contribution in [3.05, 3.63) is 161 Å². The van der Waals surface area contributed by atoms with Crippen LogP contribution in [0.5, 0.6) is 0 Å². The van der Waals surface area contributed by atoms with E-state index in [-0.39, 0.29) is 97.2 Å². The monoisotopic (exact) mass is 1190 g/mol. The van der Waals surface area contributed by atoms with Gasteiger partial charge in [-0.15, -0.1) is 24.8 Å². The Labute approximate surface area is 548 Å². The van der Waals surface area contributed by atoms with E-state index in [1.54, 1.807) is 0 Å². The Morgan fingerprint density at radius 2 is 0.747 bits per heavy atom. The Kier molecular flexibility index (Phi) is 46.2. The molecule has 83 heavy (non-hydrogen) atoms. The van der Waals surface area contributed by atoms with Crippen LogP contribution in [0.25, 0.3) is 18.2 Å². The first-order valence-electron chi connectivity index (χ1n) is 29.7. The van der Waals surface area contributed by atoms with E-state index >= 15 is 0 Å². The van der Waals surface area contributed by atoms with Crippen LogP contribution in [-0.2, 0) is 68.3 Å². The Balaban J connectivity index is 0.000000340. The molecule has 0 aliphatic carbocycles. The van der Waals surface area contributed by atoms with Crippen molar-refractivity contribution >= 4 is 29.8 Å². The Morgan fingerprint density at radius 1 is 0.470 bits per heavy atom. The smallest absolute Gasteiger partial charge is 0.853 e. The largest absolute Gasteiger partial charge is 1.00 e. The second kappa shape index (κ2) is 49.8. The summed E-state index contributed by atoms with van der Waals surface area (Å²) in [5.74, 6) is 1.23. The molecule has 15 heteroatoms. The first-order chi connectivity index (χ1) is 39.7. The van der Waals surface area contributed by atoms with Gasteiger partial charge < -0.3 is 58.0 Å². The van der Waals surface area contributed by atoms with Crippen LogP contribution in [0.15, 0.2) is 117 Å². The maximum absolute atomic E-state index is 10.0. The minimum atomic E-state index is -0.0556. The van der Waals surface area contributed by atoms with Gasteiger partial charge in [-0.2, -0.15) is 0 Å². The van der Waals surface area contributed by atoms with Gasteiger partial charge in [-0.05, 0) is 134 Å². The van der Waals surface area contributed by atoms with Crippen LogP contribution in [0.2, 0.25) is 0 Å². The van der Waals surface area contributed by atoms with Crippen molar-refractivity contribution in [2.24, 2.45) is 0 Å². The molecule has 6 aliphatic rings. The fraction of sp³-hybridized carbons (Fsp3) is 0.559. The summed E-state index contributed by atoms with van der Waals surface area (Å²) in [6.07, 6.45) is 21.1. The molecule has 0 radical (unpaired) electrons. The van der Waals surface area contributed by atoms with Gasteiger partial charge in [0.25, 0.3) is 0 Å². The summed E-state index contributed by atoms with van der Waals surface area (Å²) in [6, 6.07) is 33.3. The maximum atomic E-state index is 10.0. The number of alkyl halides is 1. The molecule has 7 unspecified atom stereocenters. The van der Waals surface area contributed by atoms with E-state index in [4.69, 9.17) is 59.3 Å². The van der Waals surface area contributed by atoms with Gasteiger partial charge in [0.2, 0.25) is 0 Å². The van der Waals surface area contributed by atoms with Crippen LogP contribution in [0.1, 0.15) is 148 Å². The number of halogens is 1. The third-order valence-corrected chi connectivity index (χ3v) is 14.7. The summed E-state index contributed by atoms with van der Waals surface area (Å²) in [7, 11) is 0. The fourth-order valence-electron chi connectivity index (χ4n) is 9.01. The number of benzene rings is 4. The van der Waals surface area contributed by atoms with Crippen molar-refractivity contribution in [1.29, 1.82) is 0 Å². The average molecular weight is 1190 g/mol. The minimum Gasteiger partial charge on any atom is -0.853 e. The zero-order valence-corrected chi connectivity index (χ0v) is 55.7. The molecule has 0 aromatic heterocycles. The third-order valence-electron chi connectivity index (χ3n) is 14.4. The van der Waals surface area contributed by atoms with Crippen LogP contribution in [0.4, 0.5) is 0 Å². The van der Waals surface area contributed by atoms with Crippen molar-refractivity contribution in [3.63, 3.8) is 0 Å². The summed E-state index contributed by atoms with van der Waals surface area (Å²) in [5, 5.41) is 28.5. The van der Waals surface area contributed by atoms with E-state index in [2.05, 4.69) is 106 Å². The van der Waals surface area contributed by atoms with E-state index in [9.17, 15) is 10.2 Å². The first-order valence-corrected chi connectivity index (χ1v) is 30.2. The fourth-order valence-corrected chi connectivity index (χ4v) is 9.19. The van der Waals surface area contributed by atoms with Gasteiger partial charge in [-0.25, -0.2) is 0 Å². The zero-order chi connectivity index (χ0) is 58.0. The predicted octanol–water partition coefficient (Wildman–Crippen LogP) is 6.23. The normalized spacial score (nSPS) is 21.3. The molecule has 1 N–H and O–H groups in total. The van der Waals surface area contributed by atoms with Crippen LogP contribution in [0, 0.1) is 0 Å². The average Bonchev–Trinajstić information content (AvgIpc) is 4.41. The van der Waals surface area contributed by atoms with Crippen molar-refractivity contribution < 1.29 is 117 Å². The quantitative estimate of drug-likeness (QED) is 0.0745. The van der Waals surface area contributed by atoms with Crippen LogP contribution in [-0.4, -0.2) is 121 Å². The summed E-state index contributed by atoms with van der Waals surface area (Å²) < 4.78 is 48.5. The van der Waals surface area contributed by atoms with Crippen molar-refractivity contribution in [2.75, 3.05) is 79.3 Å². The maximum Gasteiger partial charge on any atom is 1.00 e. The van der Waals surface area contributed by atoms with E-state index in [0.717, 1.165) is 126 Å². The Hall–Kier alpha value is -2.09. The molecule has 450 valence electrons. The predicted molar refractivity (Wildman–Crippen MR) is 324 cm³/mol. The van der Waals surface area contributed by atoms with Gasteiger partial charge in [-0.3, -0.25) is 0 Å². The third kappa shape index (κ3) is 34.9. The molecule has 0 amide bonds. The van der Waals surface area contributed by atoms with Crippen LogP contribution < -0.4 is 69.3 Å². The number of ether oxygens (including phenoxy) is 9. The Morgan fingerprint density at radius 3 is 0.964 bits per heavy atom. The first kappa shape index (κ1) is 77.0. The molecule has 6 heterocycles. The molecule has 4 aromatic rings. The summed E-state index contributed by atoms with van der Waals surface area (Å²) in [5.41, 5.74) is 9.62. The number of hydrogen-bond acceptors (Lipinski definition) is 12. The van der Waals surface area contributed by atoms with Gasteiger partial charge in [-0.1, -0.05) is 149 Å². The van der Waals surface area contributed by atoms with Crippen molar-refractivity contribution in [3.8, 4) is 0 Å². The number of rotatable bonds is 21. The van der Waals surface area contributed by atoms with Gasteiger partial charge in [0.15, 0.2) is 0 Å². The molecular formula is C68H97ClNa2O12. The molecular weight excluding hydrogens is 1090 g/mol. The van der Waals surface area contributed by atoms with Crippen molar-refractivity contribution in [2.45, 2.75) is 166 Å². The molecule has 6 aliphatic heterocycles. The summed E-state index contributed by atoms with van der Waals surface area (Å²) >= 11 is 5.60. The van der Waals surface area contributed by atoms with Crippen molar-refractivity contribution in [1.82, 2.24) is 0 Å². The topological polar surface area (TPSA) is 149 Å². The molecule has 6 saturated heterocycles. The van der Waals surface area contributed by atoms with E-state index < -0.39 is 0 Å². The molecule has 6 fully saturated rings. The van der Waals surface area contributed by atoms with Gasteiger partial charge in [0.05, 0.1) is 70.7 Å². The minimum absolute atomic E-state index is 0. The number of aliphatic hydroxyl groups excluding tert-OH is 1. The van der Waals surface area contributed by atoms with Crippen LogP contribution >= 0.6 is 11.6 Å². The molecule has 0 bridgehead atoms. The molecule has 12 nitrogen and oxygen atoms in total. The second-order valence-electron chi connectivity index (χ2n) is 20.9. The molecule has 7 atom stereocenters. The SMILES string of the molecule is C=Cc1ccc(CCl)cc1.C=Cc1ccc(COCC2CCCO2)cc1.C=Cc1ccc(COCC2CCCO2)cc1.CCC(C)c1ccc(COCC2CCCO2)cc1.OCC1CCCO1.[Na+].[Na+].[O-]CC1CCCO1.[O-]CC1CCCO1. The van der Waals surface area contributed by atoms with Gasteiger partial charge >= 0.3 is 59.1 Å². The Bertz CT molecular complexity index is 2040. The van der Waals surface area contributed by atoms with E-state index in [0.29, 0.717) is 63.1 Å². The van der Waals surface area contributed by atoms with Crippen LogP contribution in [0.3, 0.4) is 0 Å². The molecule has 10 rings (SSSR count). The zero-order valence-electron chi connectivity index (χ0n) is 51.0. The van der Waals surface area contributed by atoms with Gasteiger partial charge in [0, 0.05) is 57.7 Å². The van der Waals surface area contributed by atoms with E-state index in [1.165, 1.54) is 47.9 Å². The number of aliphatic hydroxyl groups is 1. The molecule has 0 spiro atoms. The number of hydrogen-bond donors (Lipinski definition) is 1. The standard InChI is InChI=1S/C16H24O2.2C14H18O2.C9H9Cl.C5H10O2.2C5H9O2.2Na/c1-3-13(2)15-8-6-14(7-9-15)11-17-12-16-5-4-10-18-16;2*1-2-12-5-7-13(8-6-12)10-15-11-14-4-3-9-16-14;1-2-8-3-5-9(7-10)6-4-8;3*6-4-5-2-1-3-7-5;;/h6-9,13,16H,3-5,10-12H2,1-2H3;2*2,5-8,14H,1,3-4,9-11H2;2-6H,1,7H2;5-6H,1-4H2;2*5H,1-4H2;;/q;;;;;2*-1;2*+1. The summed E-state index contributed by atoms with van der Waals surface area (Å²) in [6.45, 7) is 25.0. The molecule has 0 saturated carbocycles. The second-order valence-corrected chi connectivity index (χ2v) is 21.2. The molecule has 4 aromatic carbocycles.